The summed E-state index contributed by atoms with van der Waals surface area (Å²) in [6, 6.07) is 14.0. The Hall–Kier alpha value is -2.86. The maximum atomic E-state index is 12.7. The lowest BCUT2D eigenvalue weighted by Gasteiger charge is -2.11. The zero-order valence-electron chi connectivity index (χ0n) is 13.8. The molecule has 0 N–H and O–H groups in total. The van der Waals surface area contributed by atoms with Crippen molar-refractivity contribution >= 4 is 17.4 Å². The normalized spacial score (nSPS) is 11.3. The molecule has 0 saturated carbocycles. The molecule has 138 valence electrons. The van der Waals surface area contributed by atoms with Gasteiger partial charge in [-0.2, -0.15) is 13.2 Å². The van der Waals surface area contributed by atoms with Gasteiger partial charge in [-0.3, -0.25) is 9.78 Å². The lowest BCUT2D eigenvalue weighted by molar-refractivity contribution is -0.137. The Kier molecular flexibility index (Phi) is 5.46. The molecule has 3 nitrogen and oxygen atoms in total. The first-order valence-corrected chi connectivity index (χ1v) is 8.26. The molecule has 3 rings (SSSR count). The highest BCUT2D eigenvalue weighted by atomic mass is 35.5. The van der Waals surface area contributed by atoms with E-state index >= 15 is 0 Å². The van der Waals surface area contributed by atoms with Gasteiger partial charge in [0.2, 0.25) is 0 Å². The van der Waals surface area contributed by atoms with Crippen LogP contribution in [0.2, 0.25) is 5.02 Å². The molecule has 0 unspecified atom stereocenters. The van der Waals surface area contributed by atoms with Gasteiger partial charge in [0.1, 0.15) is 12.4 Å². The second kappa shape index (κ2) is 7.80. The van der Waals surface area contributed by atoms with Crippen LogP contribution in [0, 0.1) is 0 Å². The monoisotopic (exact) mass is 391 g/mol. The van der Waals surface area contributed by atoms with E-state index in [9.17, 15) is 18.0 Å². The van der Waals surface area contributed by atoms with Crippen molar-refractivity contribution in [2.24, 2.45) is 0 Å². The third kappa shape index (κ3) is 4.65. The highest BCUT2D eigenvalue weighted by Crippen LogP contribution is 2.30. The first-order valence-electron chi connectivity index (χ1n) is 7.89. The van der Waals surface area contributed by atoms with Crippen molar-refractivity contribution < 1.29 is 22.7 Å². The van der Waals surface area contributed by atoms with Crippen LogP contribution in [0.3, 0.4) is 0 Å². The van der Waals surface area contributed by atoms with Crippen molar-refractivity contribution in [3.8, 4) is 5.75 Å². The summed E-state index contributed by atoms with van der Waals surface area (Å²) in [7, 11) is 0. The molecule has 0 aliphatic carbocycles. The third-order valence-corrected chi connectivity index (χ3v) is 4.05. The number of carbonyl (C=O) groups is 1. The molecule has 1 aromatic heterocycles. The molecule has 0 bridgehead atoms. The standard InChI is InChI=1S/C20H13ClF3NO2/c21-15-7-3-13(4-8-15)19(26)17-2-1-11-25-18(17)12-27-16-9-5-14(6-10-16)20(22,23)24/h1-11H,12H2. The van der Waals surface area contributed by atoms with Gasteiger partial charge in [0.25, 0.3) is 0 Å². The van der Waals surface area contributed by atoms with E-state index in [1.54, 1.807) is 36.4 Å². The first kappa shape index (κ1) is 18.9. The smallest absolute Gasteiger partial charge is 0.416 e. The van der Waals surface area contributed by atoms with Crippen molar-refractivity contribution in [2.75, 3.05) is 0 Å². The Morgan fingerprint density at radius 3 is 2.30 bits per heavy atom. The number of hydrogen-bond donors (Lipinski definition) is 0. The van der Waals surface area contributed by atoms with Crippen LogP contribution in [0.4, 0.5) is 13.2 Å². The maximum absolute atomic E-state index is 12.7. The number of rotatable bonds is 5. The molecule has 0 amide bonds. The van der Waals surface area contributed by atoms with Crippen LogP contribution >= 0.6 is 11.6 Å². The minimum absolute atomic E-state index is 0.0547. The van der Waals surface area contributed by atoms with Crippen LogP contribution < -0.4 is 4.74 Å². The molecule has 0 spiro atoms. The number of benzene rings is 2. The number of nitrogens with zero attached hydrogens (tertiary/aromatic N) is 1. The molecule has 0 saturated heterocycles. The second-order valence-electron chi connectivity index (χ2n) is 5.64. The Labute approximate surface area is 158 Å². The molecular formula is C20H13ClF3NO2. The Bertz CT molecular complexity index is 939. The van der Waals surface area contributed by atoms with Crippen molar-refractivity contribution in [3.63, 3.8) is 0 Å². The summed E-state index contributed by atoms with van der Waals surface area (Å²) < 4.78 is 43.3. The maximum Gasteiger partial charge on any atom is 0.416 e. The Balaban J connectivity index is 1.76. The number of hydrogen-bond acceptors (Lipinski definition) is 3. The third-order valence-electron chi connectivity index (χ3n) is 3.80. The fraction of sp³-hybridized carbons (Fsp3) is 0.100. The van der Waals surface area contributed by atoms with E-state index in [0.29, 0.717) is 21.8 Å². The van der Waals surface area contributed by atoms with E-state index < -0.39 is 11.7 Å². The molecule has 3 aromatic rings. The minimum Gasteiger partial charge on any atom is -0.487 e. The minimum atomic E-state index is -4.41. The number of aromatic nitrogens is 1. The zero-order chi connectivity index (χ0) is 19.4. The quantitative estimate of drug-likeness (QED) is 0.534. The molecule has 0 fully saturated rings. The van der Waals surface area contributed by atoms with Gasteiger partial charge in [-0.1, -0.05) is 11.6 Å². The number of ketones is 1. The van der Waals surface area contributed by atoms with Crippen LogP contribution in [0.1, 0.15) is 27.2 Å². The van der Waals surface area contributed by atoms with Crippen LogP contribution in [0.5, 0.6) is 5.75 Å². The summed E-state index contributed by atoms with van der Waals surface area (Å²) in [6.07, 6.45) is -2.89. The Morgan fingerprint density at radius 1 is 1.00 bits per heavy atom. The van der Waals surface area contributed by atoms with E-state index in [0.717, 1.165) is 12.1 Å². The molecule has 0 aliphatic rings. The number of alkyl halides is 3. The molecule has 0 atom stereocenters. The van der Waals surface area contributed by atoms with Crippen LogP contribution in [-0.4, -0.2) is 10.8 Å². The summed E-state index contributed by atoms with van der Waals surface area (Å²) in [4.78, 5) is 16.8. The van der Waals surface area contributed by atoms with Crippen LogP contribution in [-0.2, 0) is 12.8 Å². The lowest BCUT2D eigenvalue weighted by Crippen LogP contribution is -2.10. The predicted molar refractivity (Wildman–Crippen MR) is 94.9 cm³/mol. The number of ether oxygens (including phenoxy) is 1. The summed E-state index contributed by atoms with van der Waals surface area (Å²) in [5.41, 5.74) is 0.429. The molecule has 27 heavy (non-hydrogen) atoms. The van der Waals surface area contributed by atoms with Gasteiger partial charge in [0.05, 0.1) is 11.3 Å². The van der Waals surface area contributed by atoms with Gasteiger partial charge in [0, 0.05) is 22.3 Å². The largest absolute Gasteiger partial charge is 0.487 e. The summed E-state index contributed by atoms with van der Waals surface area (Å²) >= 11 is 5.84. The predicted octanol–water partition coefficient (Wildman–Crippen LogP) is 5.56. The highest BCUT2D eigenvalue weighted by molar-refractivity contribution is 6.30. The van der Waals surface area contributed by atoms with Crippen molar-refractivity contribution in [1.82, 2.24) is 4.98 Å². The second-order valence-corrected chi connectivity index (χ2v) is 6.08. The first-order chi connectivity index (χ1) is 12.8. The summed E-state index contributed by atoms with van der Waals surface area (Å²) in [5.74, 6) is 0.00401. The molecule has 0 aliphatic heterocycles. The molecular weight excluding hydrogens is 379 g/mol. The highest BCUT2D eigenvalue weighted by Gasteiger charge is 2.30. The SMILES string of the molecule is O=C(c1ccc(Cl)cc1)c1cccnc1COc1ccc(C(F)(F)F)cc1. The van der Waals surface area contributed by atoms with E-state index in [1.165, 1.54) is 18.3 Å². The average molecular weight is 392 g/mol. The zero-order valence-corrected chi connectivity index (χ0v) is 14.6. The van der Waals surface area contributed by atoms with E-state index in [-0.39, 0.29) is 18.1 Å². The molecule has 1 heterocycles. The fourth-order valence-electron chi connectivity index (χ4n) is 2.41. The summed E-state index contributed by atoms with van der Waals surface area (Å²) in [5, 5.41) is 0.517. The average Bonchev–Trinajstić information content (AvgIpc) is 2.66. The Morgan fingerprint density at radius 2 is 1.67 bits per heavy atom. The van der Waals surface area contributed by atoms with Crippen molar-refractivity contribution in [1.29, 1.82) is 0 Å². The molecule has 2 aromatic carbocycles. The van der Waals surface area contributed by atoms with Gasteiger partial charge in [-0.05, 0) is 60.7 Å². The lowest BCUT2D eigenvalue weighted by atomic mass is 10.0. The van der Waals surface area contributed by atoms with Crippen LogP contribution in [0.25, 0.3) is 0 Å². The number of pyridine rings is 1. The van der Waals surface area contributed by atoms with Gasteiger partial charge in [-0.25, -0.2) is 0 Å². The van der Waals surface area contributed by atoms with Gasteiger partial charge in [0.15, 0.2) is 5.78 Å². The van der Waals surface area contributed by atoms with E-state index in [2.05, 4.69) is 4.98 Å². The van der Waals surface area contributed by atoms with Gasteiger partial charge in [-0.15, -0.1) is 0 Å². The van der Waals surface area contributed by atoms with Gasteiger partial charge < -0.3 is 4.74 Å². The van der Waals surface area contributed by atoms with E-state index in [1.807, 2.05) is 0 Å². The van der Waals surface area contributed by atoms with E-state index in [4.69, 9.17) is 16.3 Å². The van der Waals surface area contributed by atoms with Crippen molar-refractivity contribution in [3.05, 3.63) is 94.3 Å². The van der Waals surface area contributed by atoms with Gasteiger partial charge >= 0.3 is 6.18 Å². The summed E-state index contributed by atoms with van der Waals surface area (Å²) in [6.45, 7) is -0.0547. The number of carbonyl (C=O) groups excluding carboxylic acids is 1. The molecule has 7 heteroatoms. The fourth-order valence-corrected chi connectivity index (χ4v) is 2.53. The molecule has 0 radical (unpaired) electrons. The topological polar surface area (TPSA) is 39.2 Å². The van der Waals surface area contributed by atoms with Crippen molar-refractivity contribution in [2.45, 2.75) is 12.8 Å². The van der Waals surface area contributed by atoms with Crippen LogP contribution in [0.15, 0.2) is 66.9 Å². The number of halogens is 4.